The van der Waals surface area contributed by atoms with Crippen LogP contribution in [0.1, 0.15) is 38.1 Å². The van der Waals surface area contributed by atoms with Crippen LogP contribution >= 0.6 is 0 Å². The van der Waals surface area contributed by atoms with Crippen LogP contribution < -0.4 is 10.6 Å². The van der Waals surface area contributed by atoms with Gasteiger partial charge >= 0.3 is 0 Å². The summed E-state index contributed by atoms with van der Waals surface area (Å²) in [4.78, 5) is 28.1. The molecule has 1 amide bonds. The monoisotopic (exact) mass is 472 g/mol. The van der Waals surface area contributed by atoms with E-state index in [9.17, 15) is 4.79 Å². The fourth-order valence-electron chi connectivity index (χ4n) is 5.30. The molecule has 184 valence electrons. The smallest absolute Gasteiger partial charge is 0.242 e. The molecule has 5 rings (SSSR count). The molecule has 1 saturated heterocycles. The molecule has 0 radical (unpaired) electrons. The minimum atomic E-state index is -0.356. The van der Waals surface area contributed by atoms with Gasteiger partial charge < -0.3 is 10.6 Å². The average Bonchev–Trinajstić information content (AvgIpc) is 2.88. The van der Waals surface area contributed by atoms with E-state index < -0.39 is 0 Å². The van der Waals surface area contributed by atoms with Gasteiger partial charge in [-0.05, 0) is 29.5 Å². The van der Waals surface area contributed by atoms with Gasteiger partial charge in [-0.1, -0.05) is 63.2 Å². The Kier molecular flexibility index (Phi) is 6.97. The summed E-state index contributed by atoms with van der Waals surface area (Å²) in [6.45, 7) is 11.6. The number of nitrogens with zero attached hydrogens (tertiary/aromatic N) is 4. The van der Waals surface area contributed by atoms with Crippen molar-refractivity contribution in [1.82, 2.24) is 25.1 Å². The Labute approximate surface area is 207 Å². The Morgan fingerprint density at radius 2 is 1.77 bits per heavy atom. The van der Waals surface area contributed by atoms with E-state index in [1.165, 1.54) is 5.56 Å². The molecule has 2 aliphatic heterocycles. The van der Waals surface area contributed by atoms with E-state index in [2.05, 4.69) is 71.5 Å². The summed E-state index contributed by atoms with van der Waals surface area (Å²) in [6, 6.07) is 18.6. The van der Waals surface area contributed by atoms with E-state index in [1.807, 2.05) is 24.3 Å². The van der Waals surface area contributed by atoms with Gasteiger partial charge in [-0.2, -0.15) is 0 Å². The van der Waals surface area contributed by atoms with E-state index >= 15 is 0 Å². The number of carbonyl (C=O) groups excluding carboxylic acids is 1. The second-order valence-electron chi connectivity index (χ2n) is 10.3. The van der Waals surface area contributed by atoms with Gasteiger partial charge in [0.25, 0.3) is 0 Å². The first-order valence-corrected chi connectivity index (χ1v) is 12.8. The summed E-state index contributed by atoms with van der Waals surface area (Å²) in [7, 11) is 0. The normalized spacial score (nSPS) is 22.7. The molecule has 0 saturated carbocycles. The number of nitrogens with one attached hydrogen (secondary N) is 2. The summed E-state index contributed by atoms with van der Waals surface area (Å²) >= 11 is 0. The molecule has 35 heavy (non-hydrogen) atoms. The lowest BCUT2D eigenvalue weighted by Crippen LogP contribution is -2.58. The van der Waals surface area contributed by atoms with Crippen LogP contribution in [0.25, 0.3) is 10.9 Å². The van der Waals surface area contributed by atoms with E-state index in [-0.39, 0.29) is 23.9 Å². The molecule has 3 heterocycles. The number of hydrogen-bond donors (Lipinski definition) is 2. The maximum atomic E-state index is 13.3. The Morgan fingerprint density at radius 3 is 2.57 bits per heavy atom. The summed E-state index contributed by atoms with van der Waals surface area (Å²) in [5.74, 6) is 2.16. The molecule has 2 aromatic carbocycles. The van der Waals surface area contributed by atoms with Gasteiger partial charge in [0.2, 0.25) is 5.91 Å². The number of para-hydroxylation sites is 1. The number of aromatic nitrogens is 2. The lowest BCUT2D eigenvalue weighted by atomic mass is 9.99. The van der Waals surface area contributed by atoms with Crippen molar-refractivity contribution < 1.29 is 4.79 Å². The second kappa shape index (κ2) is 10.3. The summed E-state index contributed by atoms with van der Waals surface area (Å²) < 4.78 is 0. The average molecular weight is 473 g/mol. The van der Waals surface area contributed by atoms with Crippen LogP contribution in [-0.4, -0.2) is 70.5 Å². The Hall–Kier alpha value is -3.03. The molecule has 2 N–H and O–H groups in total. The van der Waals surface area contributed by atoms with Gasteiger partial charge in [0.15, 0.2) is 0 Å². The molecule has 0 spiro atoms. The maximum Gasteiger partial charge on any atom is 0.242 e. The first-order valence-electron chi connectivity index (χ1n) is 12.8. The SMILES string of the molecule is CC(CN1CCN2Cc3nc(c4ccccc4n3)N[C@@H](C(C)C)C(=O)NCC2C1)c1ccccc1. The predicted octanol–water partition coefficient (Wildman–Crippen LogP) is 3.49. The summed E-state index contributed by atoms with van der Waals surface area (Å²) in [5.41, 5.74) is 2.28. The molecule has 7 heteroatoms. The van der Waals surface area contributed by atoms with E-state index in [0.717, 1.165) is 48.7 Å². The zero-order chi connectivity index (χ0) is 24.4. The molecule has 3 atom stereocenters. The van der Waals surface area contributed by atoms with Gasteiger partial charge in [-0.3, -0.25) is 14.6 Å². The third-order valence-electron chi connectivity index (χ3n) is 7.34. The van der Waals surface area contributed by atoms with Crippen molar-refractivity contribution in [3.05, 3.63) is 66.0 Å². The fourth-order valence-corrected chi connectivity index (χ4v) is 5.30. The first-order chi connectivity index (χ1) is 17.0. The fraction of sp³-hybridized carbons (Fsp3) is 0.464. The largest absolute Gasteiger partial charge is 0.358 e. The molecule has 1 aromatic heterocycles. The summed E-state index contributed by atoms with van der Waals surface area (Å²) in [6.07, 6.45) is 0. The minimum absolute atomic E-state index is 0.0286. The van der Waals surface area contributed by atoms with Gasteiger partial charge in [-0.25, -0.2) is 9.97 Å². The van der Waals surface area contributed by atoms with E-state index in [0.29, 0.717) is 19.0 Å². The van der Waals surface area contributed by atoms with Crippen molar-refractivity contribution in [2.24, 2.45) is 5.92 Å². The molecule has 2 aliphatic rings. The Bertz CT molecular complexity index is 1170. The van der Waals surface area contributed by atoms with Crippen LogP contribution in [-0.2, 0) is 11.3 Å². The number of rotatable bonds is 4. The number of amides is 1. The van der Waals surface area contributed by atoms with Crippen LogP contribution in [0.15, 0.2) is 54.6 Å². The van der Waals surface area contributed by atoms with Crippen molar-refractivity contribution in [3.63, 3.8) is 0 Å². The van der Waals surface area contributed by atoms with E-state index in [1.54, 1.807) is 0 Å². The number of anilines is 1. The third kappa shape index (κ3) is 5.31. The van der Waals surface area contributed by atoms with E-state index in [4.69, 9.17) is 9.97 Å². The van der Waals surface area contributed by atoms with Crippen LogP contribution in [0.2, 0.25) is 0 Å². The minimum Gasteiger partial charge on any atom is -0.358 e. The number of benzene rings is 2. The molecular formula is C28H36N6O. The van der Waals surface area contributed by atoms with Gasteiger partial charge in [0.1, 0.15) is 17.7 Å². The van der Waals surface area contributed by atoms with Crippen molar-refractivity contribution in [2.75, 3.05) is 38.0 Å². The van der Waals surface area contributed by atoms with Crippen molar-refractivity contribution >= 4 is 22.6 Å². The van der Waals surface area contributed by atoms with Crippen LogP contribution in [0.3, 0.4) is 0 Å². The maximum absolute atomic E-state index is 13.3. The summed E-state index contributed by atoms with van der Waals surface area (Å²) in [5, 5.41) is 7.66. The Balaban J connectivity index is 1.41. The molecule has 3 aromatic rings. The lowest BCUT2D eigenvalue weighted by Gasteiger charge is -2.42. The van der Waals surface area contributed by atoms with Crippen molar-refractivity contribution in [1.29, 1.82) is 0 Å². The first kappa shape index (κ1) is 23.7. The lowest BCUT2D eigenvalue weighted by molar-refractivity contribution is -0.123. The number of fused-ring (bicyclic) bond motifs is 5. The zero-order valence-electron chi connectivity index (χ0n) is 20.9. The van der Waals surface area contributed by atoms with Gasteiger partial charge in [0.05, 0.1) is 12.1 Å². The molecule has 0 aliphatic carbocycles. The van der Waals surface area contributed by atoms with Crippen molar-refractivity contribution in [3.8, 4) is 0 Å². The van der Waals surface area contributed by atoms with Crippen LogP contribution in [0.5, 0.6) is 0 Å². The molecule has 2 unspecified atom stereocenters. The second-order valence-corrected chi connectivity index (χ2v) is 10.3. The molecular weight excluding hydrogens is 436 g/mol. The Morgan fingerprint density at radius 1 is 1.00 bits per heavy atom. The standard InChI is InChI=1S/C28H36N6O/c1-19(2)26-28(35)29-15-22-17-33(16-20(3)21-9-5-4-6-10-21)13-14-34(22)18-25-30-24-12-8-7-11-23(24)27(31-25)32-26/h4-12,19-20,22,26H,13-18H2,1-3H3,(H,29,35)(H,30,31,32)/t20?,22?,26-/m0/s1. The quantitative estimate of drug-likeness (QED) is 0.606. The number of piperazine rings is 1. The highest BCUT2D eigenvalue weighted by Crippen LogP contribution is 2.25. The van der Waals surface area contributed by atoms with Gasteiger partial charge in [-0.15, -0.1) is 0 Å². The molecule has 1 fully saturated rings. The molecule has 7 nitrogen and oxygen atoms in total. The highest BCUT2D eigenvalue weighted by molar-refractivity contribution is 5.92. The highest BCUT2D eigenvalue weighted by Gasteiger charge is 2.31. The number of carbonyl (C=O) groups is 1. The van der Waals surface area contributed by atoms with Crippen LogP contribution in [0.4, 0.5) is 5.82 Å². The van der Waals surface area contributed by atoms with Gasteiger partial charge in [0, 0.05) is 44.2 Å². The van der Waals surface area contributed by atoms with Crippen molar-refractivity contribution in [2.45, 2.75) is 45.3 Å². The number of hydrogen-bond acceptors (Lipinski definition) is 6. The third-order valence-corrected chi connectivity index (χ3v) is 7.34. The van der Waals surface area contributed by atoms with Crippen LogP contribution in [0, 0.1) is 5.92 Å². The zero-order valence-corrected chi connectivity index (χ0v) is 20.9. The topological polar surface area (TPSA) is 73.4 Å². The highest BCUT2D eigenvalue weighted by atomic mass is 16.2. The molecule has 2 bridgehead atoms. The predicted molar refractivity (Wildman–Crippen MR) is 140 cm³/mol.